The Kier molecular flexibility index (Phi) is 4.50. The van der Waals surface area contributed by atoms with Crippen LogP contribution in [0.1, 0.15) is 39.5 Å². The maximum absolute atomic E-state index is 2.58. The predicted octanol–water partition coefficient (Wildman–Crippen LogP) is 4.24. The molecule has 0 atom stereocenters. The minimum absolute atomic E-state index is 1.04. The van der Waals surface area contributed by atoms with E-state index in [1.165, 1.54) is 37.8 Å². The fourth-order valence-electron chi connectivity index (χ4n) is 2.13. The third-order valence-electron chi connectivity index (χ3n) is 2.91. The van der Waals surface area contributed by atoms with Gasteiger partial charge in [-0.1, -0.05) is 62.3 Å². The quantitative estimate of drug-likeness (QED) is 0.587. The van der Waals surface area contributed by atoms with Crippen LogP contribution in [0.2, 0.25) is 12.1 Å². The minimum Gasteiger partial charge on any atom is -0.0944 e. The molecule has 1 fully saturated rings. The van der Waals surface area contributed by atoms with E-state index < -0.39 is 8.07 Å². The van der Waals surface area contributed by atoms with Gasteiger partial charge >= 0.3 is 0 Å². The van der Waals surface area contributed by atoms with Crippen LogP contribution in [0.4, 0.5) is 0 Å². The first-order valence-corrected chi connectivity index (χ1v) is 8.25. The average Bonchev–Trinajstić information content (AvgIpc) is 2.61. The maximum Gasteiger partial charge on any atom is 0.101 e. The Morgan fingerprint density at radius 1 is 0.923 bits per heavy atom. The molecule has 1 aliphatic heterocycles. The van der Waals surface area contributed by atoms with Gasteiger partial charge in [-0.15, -0.1) is 0 Å². The molecule has 0 aromatic carbocycles. The maximum atomic E-state index is 2.58. The Labute approximate surface area is 83.7 Å². The molecular weight excluding hydrogens is 172 g/mol. The van der Waals surface area contributed by atoms with E-state index in [-0.39, 0.29) is 0 Å². The van der Waals surface area contributed by atoms with Crippen molar-refractivity contribution >= 4 is 8.07 Å². The van der Waals surface area contributed by atoms with E-state index >= 15 is 0 Å². The summed E-state index contributed by atoms with van der Waals surface area (Å²) in [5.41, 5.74) is 5.15. The molecule has 0 spiro atoms. The molecule has 0 nitrogen and oxygen atoms in total. The molecule has 74 valence electrons. The van der Waals surface area contributed by atoms with Crippen molar-refractivity contribution in [2.75, 3.05) is 0 Å². The monoisotopic (exact) mass is 194 g/mol. The number of hydrogen-bond acceptors (Lipinski definition) is 0. The summed E-state index contributed by atoms with van der Waals surface area (Å²) in [7, 11) is -1.04. The van der Waals surface area contributed by atoms with Crippen molar-refractivity contribution in [1.82, 2.24) is 0 Å². The van der Waals surface area contributed by atoms with E-state index in [1.54, 1.807) is 0 Å². The van der Waals surface area contributed by atoms with Gasteiger partial charge in [0, 0.05) is 0 Å². The second-order valence-corrected chi connectivity index (χ2v) is 8.19. The summed E-state index contributed by atoms with van der Waals surface area (Å²) in [5, 5.41) is 0. The number of allylic oxidation sites excluding steroid dienone is 2. The second-order valence-electron chi connectivity index (χ2n) is 4.06. The highest BCUT2D eigenvalue weighted by molar-refractivity contribution is 6.89. The zero-order valence-electron chi connectivity index (χ0n) is 9.05. The van der Waals surface area contributed by atoms with Gasteiger partial charge in [-0.2, -0.15) is 0 Å². The molecule has 0 bridgehead atoms. The van der Waals surface area contributed by atoms with E-state index in [1.807, 2.05) is 0 Å². The fraction of sp³-hybridized carbons (Fsp3) is 0.667. The Balaban J connectivity index is 2.63. The zero-order valence-corrected chi connectivity index (χ0v) is 10.1. The van der Waals surface area contributed by atoms with Gasteiger partial charge in [0.2, 0.25) is 0 Å². The first kappa shape index (κ1) is 10.8. The van der Waals surface area contributed by atoms with Crippen molar-refractivity contribution < 1.29 is 0 Å². The van der Waals surface area contributed by atoms with Crippen LogP contribution in [-0.4, -0.2) is 8.07 Å². The van der Waals surface area contributed by atoms with E-state index in [0.717, 1.165) is 0 Å². The van der Waals surface area contributed by atoms with Gasteiger partial charge in [0.15, 0.2) is 0 Å². The molecule has 0 N–H and O–H groups in total. The third kappa shape index (κ3) is 3.15. The molecule has 1 aliphatic rings. The molecule has 1 heteroatoms. The summed E-state index contributed by atoms with van der Waals surface area (Å²) in [5.74, 6) is 0. The largest absolute Gasteiger partial charge is 0.101 e. The molecule has 0 unspecified atom stereocenters. The summed E-state index contributed by atoms with van der Waals surface area (Å²) in [6.07, 6.45) is 10.1. The molecule has 13 heavy (non-hydrogen) atoms. The highest BCUT2D eigenvalue weighted by Crippen LogP contribution is 2.32. The van der Waals surface area contributed by atoms with Gasteiger partial charge in [-0.3, -0.25) is 0 Å². The lowest BCUT2D eigenvalue weighted by atomic mass is 10.4. The van der Waals surface area contributed by atoms with Crippen molar-refractivity contribution in [1.29, 1.82) is 0 Å². The first-order valence-electron chi connectivity index (χ1n) is 5.68. The second kappa shape index (κ2) is 5.43. The first-order chi connectivity index (χ1) is 6.33. The SMILES string of the molecule is CCC=C[Si]1(C=CCC)CCCC1. The van der Waals surface area contributed by atoms with Crippen molar-refractivity contribution in [3.8, 4) is 0 Å². The molecule has 1 rings (SSSR count). The molecular formula is C12H22Si. The summed E-state index contributed by atoms with van der Waals surface area (Å²) in [4.78, 5) is 0. The Hall–Kier alpha value is -0.303. The molecule has 0 amide bonds. The standard InChI is InChI=1S/C12H22Si/c1-3-5-9-13(10-6-4-2)11-7-8-12-13/h5-6,9-10H,3-4,7-8,11-12H2,1-2H3. The van der Waals surface area contributed by atoms with Gasteiger partial charge in [-0.25, -0.2) is 0 Å². The van der Waals surface area contributed by atoms with E-state index in [4.69, 9.17) is 0 Å². The van der Waals surface area contributed by atoms with Crippen molar-refractivity contribution in [3.63, 3.8) is 0 Å². The van der Waals surface area contributed by atoms with Gasteiger partial charge < -0.3 is 0 Å². The number of hydrogen-bond donors (Lipinski definition) is 0. The molecule has 1 saturated heterocycles. The predicted molar refractivity (Wildman–Crippen MR) is 63.5 cm³/mol. The molecule has 0 aliphatic carbocycles. The van der Waals surface area contributed by atoms with Crippen LogP contribution >= 0.6 is 0 Å². The van der Waals surface area contributed by atoms with Crippen LogP contribution < -0.4 is 0 Å². The van der Waals surface area contributed by atoms with E-state index in [0.29, 0.717) is 0 Å². The normalized spacial score (nSPS) is 22.0. The summed E-state index contributed by atoms with van der Waals surface area (Å²) in [6.45, 7) is 4.47. The van der Waals surface area contributed by atoms with Gasteiger partial charge in [0.1, 0.15) is 8.07 Å². The van der Waals surface area contributed by atoms with Crippen LogP contribution in [0.3, 0.4) is 0 Å². The van der Waals surface area contributed by atoms with Crippen LogP contribution in [0, 0.1) is 0 Å². The zero-order chi connectivity index (χ0) is 9.57. The molecule has 0 radical (unpaired) electrons. The third-order valence-corrected chi connectivity index (χ3v) is 7.27. The lowest BCUT2D eigenvalue weighted by Crippen LogP contribution is -2.24. The van der Waals surface area contributed by atoms with Gasteiger partial charge in [0.25, 0.3) is 0 Å². The molecule has 1 heterocycles. The van der Waals surface area contributed by atoms with Crippen molar-refractivity contribution in [2.24, 2.45) is 0 Å². The summed E-state index contributed by atoms with van der Waals surface area (Å²) >= 11 is 0. The Bertz CT molecular complexity index is 169. The molecule has 0 aromatic heterocycles. The Morgan fingerprint density at radius 3 is 1.77 bits per heavy atom. The Morgan fingerprint density at radius 2 is 1.38 bits per heavy atom. The van der Waals surface area contributed by atoms with Crippen LogP contribution in [0.15, 0.2) is 23.6 Å². The highest BCUT2D eigenvalue weighted by atomic mass is 28.3. The smallest absolute Gasteiger partial charge is 0.0944 e. The van der Waals surface area contributed by atoms with Crippen LogP contribution in [-0.2, 0) is 0 Å². The van der Waals surface area contributed by atoms with Gasteiger partial charge in [0.05, 0.1) is 0 Å². The summed E-state index contributed by atoms with van der Waals surface area (Å²) in [6, 6.07) is 3.00. The number of rotatable bonds is 4. The molecule has 0 saturated carbocycles. The van der Waals surface area contributed by atoms with Gasteiger partial charge in [-0.05, 0) is 12.8 Å². The van der Waals surface area contributed by atoms with E-state index in [2.05, 4.69) is 37.4 Å². The lowest BCUT2D eigenvalue weighted by molar-refractivity contribution is 0.935. The average molecular weight is 194 g/mol. The lowest BCUT2D eigenvalue weighted by Gasteiger charge is -2.17. The van der Waals surface area contributed by atoms with Crippen molar-refractivity contribution in [2.45, 2.75) is 51.6 Å². The van der Waals surface area contributed by atoms with Crippen molar-refractivity contribution in [3.05, 3.63) is 23.6 Å². The van der Waals surface area contributed by atoms with Crippen LogP contribution in [0.5, 0.6) is 0 Å². The van der Waals surface area contributed by atoms with Crippen LogP contribution in [0.25, 0.3) is 0 Å². The highest BCUT2D eigenvalue weighted by Gasteiger charge is 2.30. The molecule has 0 aromatic rings. The topological polar surface area (TPSA) is 0 Å². The summed E-state index contributed by atoms with van der Waals surface area (Å²) < 4.78 is 0. The van der Waals surface area contributed by atoms with E-state index in [9.17, 15) is 0 Å². The minimum atomic E-state index is -1.04. The fourth-order valence-corrected chi connectivity index (χ4v) is 6.38.